The first-order valence-electron chi connectivity index (χ1n) is 5.44. The SMILES string of the molecule is COc1ccc(O)c([C@@H](N)[C@@H](O)C2CC2)c1. The molecule has 2 atom stereocenters. The number of rotatable bonds is 4. The molecule has 0 heterocycles. The molecular weight excluding hydrogens is 206 g/mol. The van der Waals surface area contributed by atoms with Crippen LogP contribution in [0.2, 0.25) is 0 Å². The molecule has 0 radical (unpaired) electrons. The van der Waals surface area contributed by atoms with E-state index in [4.69, 9.17) is 10.5 Å². The number of aliphatic hydroxyl groups is 1. The standard InChI is InChI=1S/C12H17NO3/c1-16-8-4-5-10(14)9(6-8)11(13)12(15)7-2-3-7/h4-7,11-12,14-15H,2-3,13H2,1H3/t11-,12+/m1/s1. The van der Waals surface area contributed by atoms with E-state index in [1.807, 2.05) is 0 Å². The number of nitrogens with two attached hydrogens (primary N) is 1. The average Bonchev–Trinajstić information content (AvgIpc) is 3.12. The highest BCUT2D eigenvalue weighted by Gasteiger charge is 2.35. The molecule has 1 aromatic carbocycles. The molecule has 0 saturated heterocycles. The van der Waals surface area contributed by atoms with Gasteiger partial charge in [0, 0.05) is 5.56 Å². The van der Waals surface area contributed by atoms with Crippen molar-refractivity contribution >= 4 is 0 Å². The van der Waals surface area contributed by atoms with Crippen molar-refractivity contribution in [1.82, 2.24) is 0 Å². The third-order valence-electron chi connectivity index (χ3n) is 3.07. The van der Waals surface area contributed by atoms with Crippen LogP contribution < -0.4 is 10.5 Å². The molecule has 4 heteroatoms. The summed E-state index contributed by atoms with van der Waals surface area (Å²) < 4.78 is 5.07. The summed E-state index contributed by atoms with van der Waals surface area (Å²) in [6.07, 6.45) is 1.44. The molecule has 1 aliphatic rings. The third kappa shape index (κ3) is 2.13. The first kappa shape index (κ1) is 11.2. The fourth-order valence-corrected chi connectivity index (χ4v) is 1.84. The van der Waals surface area contributed by atoms with E-state index in [0.29, 0.717) is 11.3 Å². The number of hydrogen-bond donors (Lipinski definition) is 3. The predicted octanol–water partition coefficient (Wildman–Crippen LogP) is 1.17. The number of aromatic hydroxyl groups is 1. The van der Waals surface area contributed by atoms with Crippen LogP contribution in [-0.2, 0) is 0 Å². The zero-order chi connectivity index (χ0) is 11.7. The molecule has 0 spiro atoms. The van der Waals surface area contributed by atoms with Gasteiger partial charge < -0.3 is 20.7 Å². The van der Waals surface area contributed by atoms with Gasteiger partial charge in [-0.05, 0) is 37.0 Å². The van der Waals surface area contributed by atoms with Crippen LogP contribution >= 0.6 is 0 Å². The molecule has 0 bridgehead atoms. The minimum atomic E-state index is -0.585. The van der Waals surface area contributed by atoms with Gasteiger partial charge >= 0.3 is 0 Å². The summed E-state index contributed by atoms with van der Waals surface area (Å²) in [5, 5.41) is 19.6. The highest BCUT2D eigenvalue weighted by molar-refractivity contribution is 5.41. The van der Waals surface area contributed by atoms with Crippen molar-refractivity contribution in [3.63, 3.8) is 0 Å². The molecule has 1 aromatic rings. The molecule has 0 aromatic heterocycles. The van der Waals surface area contributed by atoms with Crippen LogP contribution in [0.25, 0.3) is 0 Å². The first-order chi connectivity index (χ1) is 7.63. The fourth-order valence-electron chi connectivity index (χ4n) is 1.84. The zero-order valence-corrected chi connectivity index (χ0v) is 9.26. The van der Waals surface area contributed by atoms with Crippen molar-refractivity contribution in [2.45, 2.75) is 25.0 Å². The predicted molar refractivity (Wildman–Crippen MR) is 60.3 cm³/mol. The van der Waals surface area contributed by atoms with Gasteiger partial charge in [-0.25, -0.2) is 0 Å². The van der Waals surface area contributed by atoms with Crippen LogP contribution in [0, 0.1) is 5.92 Å². The van der Waals surface area contributed by atoms with Gasteiger partial charge in [0.25, 0.3) is 0 Å². The molecule has 0 amide bonds. The summed E-state index contributed by atoms with van der Waals surface area (Å²) in [7, 11) is 1.55. The first-order valence-corrected chi connectivity index (χ1v) is 5.44. The normalized spacial score (nSPS) is 19.2. The van der Waals surface area contributed by atoms with E-state index in [-0.39, 0.29) is 11.7 Å². The number of phenols is 1. The van der Waals surface area contributed by atoms with Crippen molar-refractivity contribution in [3.05, 3.63) is 23.8 Å². The third-order valence-corrected chi connectivity index (χ3v) is 3.07. The lowest BCUT2D eigenvalue weighted by molar-refractivity contribution is 0.121. The molecule has 0 unspecified atom stereocenters. The van der Waals surface area contributed by atoms with E-state index in [0.717, 1.165) is 12.8 Å². The Labute approximate surface area is 94.7 Å². The zero-order valence-electron chi connectivity index (χ0n) is 9.26. The van der Waals surface area contributed by atoms with Gasteiger partial charge in [-0.3, -0.25) is 0 Å². The molecule has 4 nitrogen and oxygen atoms in total. The van der Waals surface area contributed by atoms with Crippen LogP contribution in [0.1, 0.15) is 24.4 Å². The van der Waals surface area contributed by atoms with Crippen molar-refractivity contribution < 1.29 is 14.9 Å². The van der Waals surface area contributed by atoms with E-state index in [2.05, 4.69) is 0 Å². The number of ether oxygens (including phenoxy) is 1. The van der Waals surface area contributed by atoms with Crippen LogP contribution in [0.5, 0.6) is 11.5 Å². The summed E-state index contributed by atoms with van der Waals surface area (Å²) in [4.78, 5) is 0. The Morgan fingerprint density at radius 2 is 2.12 bits per heavy atom. The molecule has 1 aliphatic carbocycles. The van der Waals surface area contributed by atoms with Crippen LogP contribution in [0.4, 0.5) is 0 Å². The Morgan fingerprint density at radius 1 is 1.44 bits per heavy atom. The van der Waals surface area contributed by atoms with E-state index in [1.165, 1.54) is 6.07 Å². The number of phenolic OH excluding ortho intramolecular Hbond substituents is 1. The second-order valence-corrected chi connectivity index (χ2v) is 4.28. The average molecular weight is 223 g/mol. The van der Waals surface area contributed by atoms with Crippen LogP contribution in [0.15, 0.2) is 18.2 Å². The maximum atomic E-state index is 9.92. The largest absolute Gasteiger partial charge is 0.508 e. The minimum Gasteiger partial charge on any atom is -0.508 e. The summed E-state index contributed by atoms with van der Waals surface area (Å²) in [5.74, 6) is 1.01. The maximum absolute atomic E-state index is 9.92. The van der Waals surface area contributed by atoms with Crippen LogP contribution in [0.3, 0.4) is 0 Å². The second kappa shape index (κ2) is 4.31. The Hall–Kier alpha value is -1.26. The Kier molecular flexibility index (Phi) is 3.03. The molecule has 1 saturated carbocycles. The van der Waals surface area contributed by atoms with Gasteiger partial charge in [0.2, 0.25) is 0 Å². The highest BCUT2D eigenvalue weighted by atomic mass is 16.5. The lowest BCUT2D eigenvalue weighted by Crippen LogP contribution is -2.27. The summed E-state index contributed by atoms with van der Waals surface area (Å²) in [6, 6.07) is 4.32. The monoisotopic (exact) mass is 223 g/mol. The molecule has 4 N–H and O–H groups in total. The van der Waals surface area contributed by atoms with Gasteiger partial charge in [-0.15, -0.1) is 0 Å². The summed E-state index contributed by atoms with van der Waals surface area (Å²) >= 11 is 0. The van der Waals surface area contributed by atoms with Crippen molar-refractivity contribution in [3.8, 4) is 11.5 Å². The van der Waals surface area contributed by atoms with E-state index < -0.39 is 12.1 Å². The van der Waals surface area contributed by atoms with Crippen molar-refractivity contribution in [1.29, 1.82) is 0 Å². The second-order valence-electron chi connectivity index (χ2n) is 4.28. The lowest BCUT2D eigenvalue weighted by Gasteiger charge is -2.20. The van der Waals surface area contributed by atoms with E-state index in [9.17, 15) is 10.2 Å². The van der Waals surface area contributed by atoms with Crippen molar-refractivity contribution in [2.75, 3.05) is 7.11 Å². The fraction of sp³-hybridized carbons (Fsp3) is 0.500. The van der Waals surface area contributed by atoms with Gasteiger partial charge in [-0.1, -0.05) is 0 Å². The van der Waals surface area contributed by atoms with Gasteiger partial charge in [0.15, 0.2) is 0 Å². The van der Waals surface area contributed by atoms with Crippen molar-refractivity contribution in [2.24, 2.45) is 11.7 Å². The number of benzene rings is 1. The quantitative estimate of drug-likeness (QED) is 0.716. The summed E-state index contributed by atoms with van der Waals surface area (Å²) in [6.45, 7) is 0. The molecular formula is C12H17NO3. The molecule has 1 fully saturated rings. The summed E-state index contributed by atoms with van der Waals surface area (Å²) in [5.41, 5.74) is 6.48. The minimum absolute atomic E-state index is 0.105. The number of hydrogen-bond acceptors (Lipinski definition) is 4. The highest BCUT2D eigenvalue weighted by Crippen LogP contribution is 2.39. The van der Waals surface area contributed by atoms with Gasteiger partial charge in [0.1, 0.15) is 11.5 Å². The topological polar surface area (TPSA) is 75.7 Å². The van der Waals surface area contributed by atoms with Gasteiger partial charge in [-0.2, -0.15) is 0 Å². The van der Waals surface area contributed by atoms with E-state index >= 15 is 0 Å². The number of aliphatic hydroxyl groups excluding tert-OH is 1. The molecule has 88 valence electrons. The maximum Gasteiger partial charge on any atom is 0.120 e. The molecule has 0 aliphatic heterocycles. The molecule has 16 heavy (non-hydrogen) atoms. The number of methoxy groups -OCH3 is 1. The Bertz CT molecular complexity index is 377. The Balaban J connectivity index is 2.23. The van der Waals surface area contributed by atoms with Gasteiger partial charge in [0.05, 0.1) is 19.3 Å². The van der Waals surface area contributed by atoms with Crippen LogP contribution in [-0.4, -0.2) is 23.4 Å². The molecule has 2 rings (SSSR count). The Morgan fingerprint density at radius 3 is 2.69 bits per heavy atom. The smallest absolute Gasteiger partial charge is 0.120 e. The lowest BCUT2D eigenvalue weighted by atomic mass is 9.98. The van der Waals surface area contributed by atoms with E-state index in [1.54, 1.807) is 19.2 Å².